The molecule has 2 aliphatic rings. The van der Waals surface area contributed by atoms with Gasteiger partial charge < -0.3 is 15.0 Å². The molecule has 2 saturated heterocycles. The fourth-order valence-electron chi connectivity index (χ4n) is 4.36. The van der Waals surface area contributed by atoms with E-state index in [0.29, 0.717) is 18.0 Å². The van der Waals surface area contributed by atoms with Crippen molar-refractivity contribution in [1.29, 1.82) is 0 Å². The van der Waals surface area contributed by atoms with Gasteiger partial charge in [-0.1, -0.05) is 27.7 Å². The van der Waals surface area contributed by atoms with E-state index in [1.54, 1.807) is 0 Å². The van der Waals surface area contributed by atoms with Crippen LogP contribution in [0.3, 0.4) is 0 Å². The number of nitrogens with zero attached hydrogens (tertiary/aromatic N) is 4. The van der Waals surface area contributed by atoms with Crippen molar-refractivity contribution in [3.8, 4) is 0 Å². The summed E-state index contributed by atoms with van der Waals surface area (Å²) in [6.45, 7) is 18.4. The fourth-order valence-corrected chi connectivity index (χ4v) is 4.36. The zero-order chi connectivity index (χ0) is 18.9. The molecule has 0 aromatic heterocycles. The molecule has 152 valence electrons. The van der Waals surface area contributed by atoms with Gasteiger partial charge in [-0.25, -0.2) is 0 Å². The van der Waals surface area contributed by atoms with Gasteiger partial charge in [-0.3, -0.25) is 14.8 Å². The highest BCUT2D eigenvalue weighted by Crippen LogP contribution is 2.17. The molecule has 0 spiro atoms. The van der Waals surface area contributed by atoms with Crippen LogP contribution in [0.15, 0.2) is 4.99 Å². The number of nitrogens with one attached hydrogen (secondary N) is 1. The summed E-state index contributed by atoms with van der Waals surface area (Å²) in [5.74, 6) is 1.78. The van der Waals surface area contributed by atoms with Gasteiger partial charge in [0.25, 0.3) is 0 Å². The van der Waals surface area contributed by atoms with Crippen LogP contribution in [-0.4, -0.2) is 98.8 Å². The molecule has 2 atom stereocenters. The average Bonchev–Trinajstić information content (AvgIpc) is 3.13. The number of likely N-dealkylation sites (tertiary alicyclic amines) is 1. The zero-order valence-electron chi connectivity index (χ0n) is 17.7. The Balaban J connectivity index is 1.87. The van der Waals surface area contributed by atoms with Crippen LogP contribution in [0.1, 0.15) is 40.5 Å². The summed E-state index contributed by atoms with van der Waals surface area (Å²) in [6, 6.07) is 1.21. The van der Waals surface area contributed by atoms with E-state index in [9.17, 15) is 0 Å². The normalized spacial score (nSPS) is 23.9. The van der Waals surface area contributed by atoms with Crippen molar-refractivity contribution in [2.45, 2.75) is 52.6 Å². The highest BCUT2D eigenvalue weighted by atomic mass is 16.5. The number of hydrogen-bond donors (Lipinski definition) is 1. The minimum absolute atomic E-state index is 0.569. The van der Waals surface area contributed by atoms with E-state index in [-0.39, 0.29) is 0 Å². The first-order valence-corrected chi connectivity index (χ1v) is 10.6. The topological polar surface area (TPSA) is 43.3 Å². The van der Waals surface area contributed by atoms with Gasteiger partial charge in [0, 0.05) is 51.9 Å². The number of likely N-dealkylation sites (N-methyl/N-ethyl adjacent to an activating group) is 1. The van der Waals surface area contributed by atoms with Gasteiger partial charge in [-0.2, -0.15) is 0 Å². The summed E-state index contributed by atoms with van der Waals surface area (Å²) in [4.78, 5) is 12.2. The molecule has 2 fully saturated rings. The van der Waals surface area contributed by atoms with Crippen molar-refractivity contribution in [1.82, 2.24) is 20.0 Å². The molecule has 0 aromatic rings. The smallest absolute Gasteiger partial charge is 0.193 e. The van der Waals surface area contributed by atoms with E-state index < -0.39 is 0 Å². The van der Waals surface area contributed by atoms with Gasteiger partial charge in [0.15, 0.2) is 5.96 Å². The lowest BCUT2D eigenvalue weighted by Crippen LogP contribution is -2.49. The zero-order valence-corrected chi connectivity index (χ0v) is 17.7. The second kappa shape index (κ2) is 11.1. The predicted molar refractivity (Wildman–Crippen MR) is 110 cm³/mol. The van der Waals surface area contributed by atoms with Crippen LogP contribution in [0.4, 0.5) is 0 Å². The summed E-state index contributed by atoms with van der Waals surface area (Å²) in [5.41, 5.74) is 0. The van der Waals surface area contributed by atoms with E-state index >= 15 is 0 Å². The van der Waals surface area contributed by atoms with E-state index in [0.717, 1.165) is 65.0 Å². The number of ether oxygens (including phenoxy) is 1. The van der Waals surface area contributed by atoms with Crippen molar-refractivity contribution >= 4 is 5.96 Å². The lowest BCUT2D eigenvalue weighted by Gasteiger charge is -2.33. The van der Waals surface area contributed by atoms with Crippen molar-refractivity contribution in [2.75, 3.05) is 66.1 Å². The Kier molecular flexibility index (Phi) is 9.16. The average molecular weight is 368 g/mol. The summed E-state index contributed by atoms with van der Waals surface area (Å²) in [6.07, 6.45) is 2.45. The minimum Gasteiger partial charge on any atom is -0.379 e. The molecular formula is C20H41N5O. The van der Waals surface area contributed by atoms with Crippen molar-refractivity contribution in [3.63, 3.8) is 0 Å². The summed E-state index contributed by atoms with van der Waals surface area (Å²) in [7, 11) is 1.92. The molecule has 0 radical (unpaired) electrons. The maximum atomic E-state index is 5.50. The molecule has 0 amide bonds. The number of guanidine groups is 1. The van der Waals surface area contributed by atoms with Crippen molar-refractivity contribution in [3.05, 3.63) is 0 Å². The molecule has 0 saturated carbocycles. The Morgan fingerprint density at radius 2 is 1.88 bits per heavy atom. The molecule has 6 nitrogen and oxygen atoms in total. The second-order valence-corrected chi connectivity index (χ2v) is 7.97. The van der Waals surface area contributed by atoms with Crippen LogP contribution in [0, 0.1) is 5.92 Å². The van der Waals surface area contributed by atoms with Crippen LogP contribution >= 0.6 is 0 Å². The summed E-state index contributed by atoms with van der Waals surface area (Å²) >= 11 is 0. The third-order valence-electron chi connectivity index (χ3n) is 5.80. The molecule has 0 bridgehead atoms. The highest BCUT2D eigenvalue weighted by Gasteiger charge is 2.30. The largest absolute Gasteiger partial charge is 0.379 e. The Hall–Kier alpha value is -0.850. The van der Waals surface area contributed by atoms with Gasteiger partial charge in [0.1, 0.15) is 0 Å². The van der Waals surface area contributed by atoms with E-state index in [2.05, 4.69) is 52.7 Å². The van der Waals surface area contributed by atoms with Crippen LogP contribution in [0.5, 0.6) is 0 Å². The number of aliphatic imine (C=N–C) groups is 1. The van der Waals surface area contributed by atoms with Crippen LogP contribution in [0.25, 0.3) is 0 Å². The molecule has 1 N–H and O–H groups in total. The van der Waals surface area contributed by atoms with Gasteiger partial charge in [-0.05, 0) is 31.8 Å². The number of morpholine rings is 1. The maximum absolute atomic E-state index is 5.50. The standard InChI is InChI=1S/C20H41N5O/c1-6-23(7-2)19(14-17(3)4)15-22-20(21-5)25-9-8-18(16-25)24-10-12-26-13-11-24/h17-19H,6-16H2,1-5H3,(H,21,22). The van der Waals surface area contributed by atoms with Crippen LogP contribution < -0.4 is 5.32 Å². The van der Waals surface area contributed by atoms with Crippen molar-refractivity contribution in [2.24, 2.45) is 10.9 Å². The van der Waals surface area contributed by atoms with Crippen LogP contribution in [0.2, 0.25) is 0 Å². The Morgan fingerprint density at radius 1 is 1.19 bits per heavy atom. The van der Waals surface area contributed by atoms with Gasteiger partial charge >= 0.3 is 0 Å². The van der Waals surface area contributed by atoms with Crippen molar-refractivity contribution < 1.29 is 4.74 Å². The fraction of sp³-hybridized carbons (Fsp3) is 0.950. The summed E-state index contributed by atoms with van der Waals surface area (Å²) in [5, 5.41) is 3.68. The molecular weight excluding hydrogens is 326 g/mol. The molecule has 2 aliphatic heterocycles. The number of rotatable bonds is 8. The molecule has 6 heteroatoms. The maximum Gasteiger partial charge on any atom is 0.193 e. The molecule has 0 aliphatic carbocycles. The SMILES string of the molecule is CCN(CC)C(CNC(=NC)N1CCC(N2CCOCC2)C1)CC(C)C. The van der Waals surface area contributed by atoms with Crippen LogP contribution in [-0.2, 0) is 4.74 Å². The lowest BCUT2D eigenvalue weighted by atomic mass is 10.0. The third-order valence-corrected chi connectivity index (χ3v) is 5.80. The minimum atomic E-state index is 0.569. The predicted octanol–water partition coefficient (Wildman–Crippen LogP) is 1.72. The molecule has 2 heterocycles. The quantitative estimate of drug-likeness (QED) is 0.523. The Labute approximate surface area is 160 Å². The molecule has 26 heavy (non-hydrogen) atoms. The Bertz CT molecular complexity index is 418. The first-order valence-electron chi connectivity index (χ1n) is 10.6. The first kappa shape index (κ1) is 21.5. The third kappa shape index (κ3) is 6.10. The molecule has 2 rings (SSSR count). The van der Waals surface area contributed by atoms with Gasteiger partial charge in [0.05, 0.1) is 13.2 Å². The van der Waals surface area contributed by atoms with Gasteiger partial charge in [-0.15, -0.1) is 0 Å². The second-order valence-electron chi connectivity index (χ2n) is 7.97. The first-order chi connectivity index (χ1) is 12.6. The lowest BCUT2D eigenvalue weighted by molar-refractivity contribution is 0.0194. The van der Waals surface area contributed by atoms with E-state index in [4.69, 9.17) is 4.74 Å². The molecule has 2 unspecified atom stereocenters. The highest BCUT2D eigenvalue weighted by molar-refractivity contribution is 5.80. The Morgan fingerprint density at radius 3 is 2.46 bits per heavy atom. The van der Waals surface area contributed by atoms with E-state index in [1.165, 1.54) is 12.8 Å². The summed E-state index contributed by atoms with van der Waals surface area (Å²) < 4.78 is 5.50. The number of hydrogen-bond acceptors (Lipinski definition) is 4. The van der Waals surface area contributed by atoms with Gasteiger partial charge in [0.2, 0.25) is 0 Å². The van der Waals surface area contributed by atoms with E-state index in [1.807, 2.05) is 7.05 Å². The molecule has 0 aromatic carbocycles. The monoisotopic (exact) mass is 367 g/mol.